The van der Waals surface area contributed by atoms with Crippen molar-refractivity contribution >= 4 is 45.5 Å². The van der Waals surface area contributed by atoms with E-state index in [9.17, 15) is 4.79 Å². The molecule has 0 spiro atoms. The molecule has 0 unspecified atom stereocenters. The highest BCUT2D eigenvalue weighted by Crippen LogP contribution is 2.34. The van der Waals surface area contributed by atoms with Gasteiger partial charge < -0.3 is 9.80 Å². The van der Waals surface area contributed by atoms with Crippen LogP contribution in [0.5, 0.6) is 0 Å². The van der Waals surface area contributed by atoms with Crippen LogP contribution in [-0.4, -0.2) is 71.2 Å². The van der Waals surface area contributed by atoms with Gasteiger partial charge in [0.25, 0.3) is 5.91 Å². The maximum atomic E-state index is 12.6. The van der Waals surface area contributed by atoms with Crippen LogP contribution in [0.4, 0.5) is 5.69 Å². The molecule has 0 aliphatic carbocycles. The van der Waals surface area contributed by atoms with Crippen LogP contribution >= 0.6 is 11.8 Å². The third-order valence-electron chi connectivity index (χ3n) is 7.64. The first-order chi connectivity index (χ1) is 18.0. The Morgan fingerprint density at radius 2 is 1.65 bits per heavy atom. The molecule has 2 aromatic carbocycles. The normalized spacial score (nSPS) is 20.0. The van der Waals surface area contributed by atoms with Crippen LogP contribution in [-0.2, 0) is 4.79 Å². The first kappa shape index (κ1) is 24.2. The van der Waals surface area contributed by atoms with Crippen LogP contribution in [0.2, 0.25) is 0 Å². The number of aromatic nitrogens is 1. The smallest absolute Gasteiger partial charge is 0.286 e. The summed E-state index contributed by atoms with van der Waals surface area (Å²) in [6, 6.07) is 17.8. The number of piperazine rings is 1. The zero-order chi connectivity index (χ0) is 25.4. The van der Waals surface area contributed by atoms with Crippen LogP contribution in [0.3, 0.4) is 0 Å². The van der Waals surface area contributed by atoms with Gasteiger partial charge in [-0.1, -0.05) is 18.2 Å². The maximum absolute atomic E-state index is 12.6. The number of rotatable bonds is 4. The number of thioether (sulfide) groups is 1. The minimum Gasteiger partial charge on any atom is -0.369 e. The number of nitrogens with zero attached hydrogens (tertiary/aromatic N) is 5. The Morgan fingerprint density at radius 3 is 2.38 bits per heavy atom. The summed E-state index contributed by atoms with van der Waals surface area (Å²) in [6.45, 7) is 10.9. The number of hydrogen-bond acceptors (Lipinski definition) is 6. The minimum absolute atomic E-state index is 0.136. The van der Waals surface area contributed by atoms with E-state index in [0.717, 1.165) is 66.5 Å². The highest BCUT2D eigenvalue weighted by atomic mass is 32.2. The van der Waals surface area contributed by atoms with E-state index in [1.807, 2.05) is 24.4 Å². The molecule has 0 N–H and O–H groups in total. The summed E-state index contributed by atoms with van der Waals surface area (Å²) in [5, 5.41) is 1.94. The standard InChI is InChI=1S/C30H33N5OS/c1-21(2)33-15-17-34(18-16-33)24-8-6-23(7-9-24)25-11-12-31-27-10-5-22(19-26(25)27)20-28-29(36)32-30(37-28)35-13-3-4-14-35/h5-12,19-21H,3-4,13-18H2,1-2H3. The lowest BCUT2D eigenvalue weighted by Gasteiger charge is -2.38. The molecule has 190 valence electrons. The molecule has 3 aliphatic rings. The lowest BCUT2D eigenvalue weighted by molar-refractivity contribution is -0.113. The number of likely N-dealkylation sites (tertiary alicyclic amines) is 1. The van der Waals surface area contributed by atoms with Crippen LogP contribution in [0.25, 0.3) is 28.1 Å². The number of aliphatic imine (C=N–C) groups is 1. The lowest BCUT2D eigenvalue weighted by Crippen LogP contribution is -2.48. The molecule has 1 aromatic heterocycles. The van der Waals surface area contributed by atoms with Crippen molar-refractivity contribution in [1.82, 2.24) is 14.8 Å². The Hall–Kier alpha value is -3.16. The SMILES string of the molecule is CC(C)N1CCN(c2ccc(-c3ccnc4ccc(C=C5SC(N6CCCC6)=NC5=O)cc34)cc2)CC1. The van der Waals surface area contributed by atoms with E-state index in [2.05, 4.69) is 74.9 Å². The lowest BCUT2D eigenvalue weighted by atomic mass is 9.99. The summed E-state index contributed by atoms with van der Waals surface area (Å²) in [4.78, 5) is 29.4. The largest absolute Gasteiger partial charge is 0.369 e. The van der Waals surface area contributed by atoms with Gasteiger partial charge in [-0.2, -0.15) is 4.99 Å². The maximum Gasteiger partial charge on any atom is 0.286 e. The van der Waals surface area contributed by atoms with E-state index in [-0.39, 0.29) is 5.91 Å². The third kappa shape index (κ3) is 5.03. The van der Waals surface area contributed by atoms with Crippen molar-refractivity contribution in [2.24, 2.45) is 4.99 Å². The van der Waals surface area contributed by atoms with Crippen LogP contribution in [0.15, 0.2) is 64.6 Å². The average molecular weight is 512 g/mol. The molecule has 7 heteroatoms. The van der Waals surface area contributed by atoms with Crippen molar-refractivity contribution in [3.63, 3.8) is 0 Å². The zero-order valence-electron chi connectivity index (χ0n) is 21.6. The molecular formula is C30H33N5OS. The van der Waals surface area contributed by atoms with Crippen molar-refractivity contribution in [3.05, 3.63) is 65.2 Å². The molecule has 37 heavy (non-hydrogen) atoms. The predicted molar refractivity (Wildman–Crippen MR) is 155 cm³/mol. The van der Waals surface area contributed by atoms with Crippen LogP contribution in [0.1, 0.15) is 32.3 Å². The average Bonchev–Trinajstić information content (AvgIpc) is 3.59. The van der Waals surface area contributed by atoms with Gasteiger partial charge in [-0.25, -0.2) is 0 Å². The molecule has 3 aliphatic heterocycles. The van der Waals surface area contributed by atoms with Gasteiger partial charge in [-0.15, -0.1) is 0 Å². The molecule has 0 saturated carbocycles. The summed E-state index contributed by atoms with van der Waals surface area (Å²) >= 11 is 1.50. The molecule has 6 rings (SSSR count). The van der Waals surface area contributed by atoms with E-state index < -0.39 is 0 Å². The second-order valence-corrected chi connectivity index (χ2v) is 11.3. The molecule has 0 bridgehead atoms. The van der Waals surface area contributed by atoms with Crippen molar-refractivity contribution in [1.29, 1.82) is 0 Å². The second kappa shape index (κ2) is 10.3. The quantitative estimate of drug-likeness (QED) is 0.431. The zero-order valence-corrected chi connectivity index (χ0v) is 22.4. The number of anilines is 1. The Balaban J connectivity index is 1.23. The highest BCUT2D eigenvalue weighted by molar-refractivity contribution is 8.18. The molecule has 0 radical (unpaired) electrons. The molecule has 0 atom stereocenters. The molecule has 2 fully saturated rings. The first-order valence-electron chi connectivity index (χ1n) is 13.3. The first-order valence-corrected chi connectivity index (χ1v) is 14.1. The number of fused-ring (bicyclic) bond motifs is 1. The van der Waals surface area contributed by atoms with Gasteiger partial charge in [-0.3, -0.25) is 14.7 Å². The Labute approximate surface area is 223 Å². The van der Waals surface area contributed by atoms with Gasteiger partial charge in [0.05, 0.1) is 10.4 Å². The number of carbonyl (C=O) groups is 1. The fraction of sp³-hybridized carbons (Fsp3) is 0.367. The molecule has 3 aromatic rings. The summed E-state index contributed by atoms with van der Waals surface area (Å²) in [7, 11) is 0. The number of hydrogen-bond donors (Lipinski definition) is 0. The summed E-state index contributed by atoms with van der Waals surface area (Å²) < 4.78 is 0. The molecule has 2 saturated heterocycles. The Morgan fingerprint density at radius 1 is 0.892 bits per heavy atom. The summed E-state index contributed by atoms with van der Waals surface area (Å²) in [6.07, 6.45) is 6.18. The van der Waals surface area contributed by atoms with E-state index in [1.54, 1.807) is 0 Å². The number of pyridine rings is 1. The number of carbonyl (C=O) groups excluding carboxylic acids is 1. The molecular weight excluding hydrogens is 478 g/mol. The van der Waals surface area contributed by atoms with Gasteiger partial charge in [-0.05, 0) is 91.5 Å². The van der Waals surface area contributed by atoms with Crippen molar-refractivity contribution in [2.75, 3.05) is 44.2 Å². The molecule has 6 nitrogen and oxygen atoms in total. The van der Waals surface area contributed by atoms with E-state index in [1.165, 1.54) is 35.9 Å². The number of amides is 1. The van der Waals surface area contributed by atoms with E-state index in [0.29, 0.717) is 10.9 Å². The number of amidine groups is 1. The van der Waals surface area contributed by atoms with Gasteiger partial charge in [0.2, 0.25) is 0 Å². The monoisotopic (exact) mass is 511 g/mol. The van der Waals surface area contributed by atoms with Gasteiger partial charge in [0.1, 0.15) is 0 Å². The van der Waals surface area contributed by atoms with Crippen molar-refractivity contribution in [2.45, 2.75) is 32.7 Å². The molecule has 1 amide bonds. The van der Waals surface area contributed by atoms with Crippen LogP contribution < -0.4 is 4.90 Å². The van der Waals surface area contributed by atoms with Gasteiger partial charge in [0.15, 0.2) is 5.17 Å². The van der Waals surface area contributed by atoms with Crippen LogP contribution in [0, 0.1) is 0 Å². The summed E-state index contributed by atoms with van der Waals surface area (Å²) in [5.74, 6) is -0.136. The van der Waals surface area contributed by atoms with E-state index in [4.69, 9.17) is 0 Å². The highest BCUT2D eigenvalue weighted by Gasteiger charge is 2.27. The molecule has 4 heterocycles. The Kier molecular flexibility index (Phi) is 6.74. The van der Waals surface area contributed by atoms with Crippen molar-refractivity contribution < 1.29 is 4.79 Å². The van der Waals surface area contributed by atoms with Gasteiger partial charge in [0, 0.05) is 62.6 Å². The Bertz CT molecular complexity index is 1370. The fourth-order valence-corrected chi connectivity index (χ4v) is 6.41. The minimum atomic E-state index is -0.136. The van der Waals surface area contributed by atoms with Crippen molar-refractivity contribution in [3.8, 4) is 11.1 Å². The fourth-order valence-electron chi connectivity index (χ4n) is 5.45. The third-order valence-corrected chi connectivity index (χ3v) is 8.68. The predicted octanol–water partition coefficient (Wildman–Crippen LogP) is 5.50. The second-order valence-electron chi connectivity index (χ2n) is 10.3. The van der Waals surface area contributed by atoms with E-state index >= 15 is 0 Å². The van der Waals surface area contributed by atoms with Gasteiger partial charge >= 0.3 is 0 Å². The summed E-state index contributed by atoms with van der Waals surface area (Å²) in [5.41, 5.74) is 5.55. The number of benzene rings is 2. The topological polar surface area (TPSA) is 52.0 Å².